The van der Waals surface area contributed by atoms with Crippen LogP contribution in [0.5, 0.6) is 0 Å². The number of anilines is 2. The third kappa shape index (κ3) is 3.48. The maximum atomic E-state index is 12.9. The maximum absolute atomic E-state index is 12.9. The first kappa shape index (κ1) is 18.9. The second kappa shape index (κ2) is 7.50. The van der Waals surface area contributed by atoms with Crippen LogP contribution in [0.2, 0.25) is 0 Å². The van der Waals surface area contributed by atoms with Gasteiger partial charge in [0.15, 0.2) is 0 Å². The molecule has 2 atom stereocenters. The number of carbonyl (C=O) groups excluding carboxylic acids is 3. The summed E-state index contributed by atoms with van der Waals surface area (Å²) < 4.78 is 1.08. The Balaban J connectivity index is 1.57. The van der Waals surface area contributed by atoms with E-state index >= 15 is 0 Å². The number of halogens is 1. The second-order valence-electron chi connectivity index (χ2n) is 7.23. The number of benzene rings is 2. The molecule has 2 aromatic rings. The molecule has 1 fully saturated rings. The largest absolute Gasteiger partial charge is 0.322 e. The Labute approximate surface area is 176 Å². The Bertz CT molecular complexity index is 997. The maximum Gasteiger partial charge on any atom is 0.255 e. The van der Waals surface area contributed by atoms with Crippen LogP contribution < -0.4 is 10.2 Å². The van der Waals surface area contributed by atoms with Crippen molar-refractivity contribution in [1.82, 2.24) is 0 Å². The van der Waals surface area contributed by atoms with Crippen molar-refractivity contribution in [3.8, 4) is 0 Å². The van der Waals surface area contributed by atoms with E-state index in [-0.39, 0.29) is 29.6 Å². The number of nitrogens with one attached hydrogen (secondary N) is 1. The topological polar surface area (TPSA) is 66.5 Å². The zero-order valence-electron chi connectivity index (χ0n) is 15.3. The minimum Gasteiger partial charge on any atom is -0.322 e. The molecule has 1 aliphatic heterocycles. The number of amides is 3. The van der Waals surface area contributed by atoms with Crippen molar-refractivity contribution in [3.05, 3.63) is 69.3 Å². The van der Waals surface area contributed by atoms with Crippen molar-refractivity contribution < 1.29 is 14.4 Å². The van der Waals surface area contributed by atoms with E-state index in [4.69, 9.17) is 0 Å². The summed E-state index contributed by atoms with van der Waals surface area (Å²) >= 11 is 2.20. The highest BCUT2D eigenvalue weighted by atomic mass is 127. The fourth-order valence-corrected chi connectivity index (χ4v) is 4.17. The highest BCUT2D eigenvalue weighted by Gasteiger charge is 2.48. The SMILES string of the molecule is CC1=CC[C@H]2C(=O)N(c3cccc(C(=O)Nc4ccc(I)cc4)c3)C(=O)[C@@H]2C1. The van der Waals surface area contributed by atoms with Gasteiger partial charge in [0.25, 0.3) is 5.91 Å². The number of rotatable bonds is 3. The Morgan fingerprint density at radius 2 is 1.79 bits per heavy atom. The third-order valence-electron chi connectivity index (χ3n) is 5.29. The molecule has 0 saturated carbocycles. The minimum atomic E-state index is -0.291. The van der Waals surface area contributed by atoms with E-state index in [1.165, 1.54) is 4.90 Å². The molecule has 1 aliphatic carbocycles. The average molecular weight is 486 g/mol. The molecule has 3 amide bonds. The smallest absolute Gasteiger partial charge is 0.255 e. The van der Waals surface area contributed by atoms with E-state index < -0.39 is 0 Å². The summed E-state index contributed by atoms with van der Waals surface area (Å²) in [4.78, 5) is 39.6. The quantitative estimate of drug-likeness (QED) is 0.398. The molecule has 6 heteroatoms. The molecule has 4 rings (SSSR count). The summed E-state index contributed by atoms with van der Waals surface area (Å²) in [5.41, 5.74) is 2.70. The van der Waals surface area contributed by atoms with Crippen molar-refractivity contribution in [2.45, 2.75) is 19.8 Å². The fourth-order valence-electron chi connectivity index (χ4n) is 3.81. The van der Waals surface area contributed by atoms with Crippen molar-refractivity contribution in [1.29, 1.82) is 0 Å². The summed E-state index contributed by atoms with van der Waals surface area (Å²) in [6, 6.07) is 14.2. The molecule has 0 aromatic heterocycles. The molecule has 0 radical (unpaired) electrons. The Morgan fingerprint density at radius 1 is 1.07 bits per heavy atom. The summed E-state index contributed by atoms with van der Waals surface area (Å²) in [5.74, 6) is -1.20. The van der Waals surface area contributed by atoms with Crippen LogP contribution in [0, 0.1) is 15.4 Å². The van der Waals surface area contributed by atoms with Gasteiger partial charge in [-0.1, -0.05) is 17.7 Å². The van der Waals surface area contributed by atoms with Gasteiger partial charge in [0.05, 0.1) is 17.5 Å². The summed E-state index contributed by atoms with van der Waals surface area (Å²) in [6.45, 7) is 1.99. The van der Waals surface area contributed by atoms with Gasteiger partial charge in [-0.05, 0) is 84.8 Å². The van der Waals surface area contributed by atoms with Crippen molar-refractivity contribution in [2.75, 3.05) is 10.2 Å². The molecule has 1 heterocycles. The lowest BCUT2D eigenvalue weighted by Crippen LogP contribution is -2.31. The highest BCUT2D eigenvalue weighted by molar-refractivity contribution is 14.1. The molecule has 142 valence electrons. The lowest BCUT2D eigenvalue weighted by Gasteiger charge is -2.18. The van der Waals surface area contributed by atoms with Gasteiger partial charge in [0.2, 0.25) is 11.8 Å². The first-order chi connectivity index (χ1) is 13.4. The molecule has 1 saturated heterocycles. The van der Waals surface area contributed by atoms with Crippen LogP contribution >= 0.6 is 22.6 Å². The van der Waals surface area contributed by atoms with E-state index in [1.807, 2.05) is 37.3 Å². The van der Waals surface area contributed by atoms with Crippen LogP contribution in [-0.4, -0.2) is 17.7 Å². The van der Waals surface area contributed by atoms with Crippen LogP contribution in [0.3, 0.4) is 0 Å². The van der Waals surface area contributed by atoms with E-state index in [0.29, 0.717) is 29.8 Å². The molecule has 28 heavy (non-hydrogen) atoms. The first-order valence-electron chi connectivity index (χ1n) is 9.14. The molecule has 0 spiro atoms. The van der Waals surface area contributed by atoms with Gasteiger partial charge in [0.1, 0.15) is 0 Å². The number of fused-ring (bicyclic) bond motifs is 1. The standard InChI is InChI=1S/C22H19IN2O3/c1-13-5-10-18-19(11-13)22(28)25(21(18)27)17-4-2-3-14(12-17)20(26)24-16-8-6-15(23)7-9-16/h2-9,12,18-19H,10-11H2,1H3,(H,24,26)/t18-,19-/m1/s1. The monoisotopic (exact) mass is 486 g/mol. The number of hydrogen-bond donors (Lipinski definition) is 1. The number of imide groups is 1. The van der Waals surface area contributed by atoms with Gasteiger partial charge >= 0.3 is 0 Å². The zero-order chi connectivity index (χ0) is 19.8. The molecular formula is C22H19IN2O3. The molecule has 5 nitrogen and oxygen atoms in total. The Hall–Kier alpha value is -2.48. The highest BCUT2D eigenvalue weighted by Crippen LogP contribution is 2.39. The molecule has 2 aromatic carbocycles. The fraction of sp³-hybridized carbons (Fsp3) is 0.227. The molecule has 0 bridgehead atoms. The van der Waals surface area contributed by atoms with Crippen LogP contribution in [0.4, 0.5) is 11.4 Å². The van der Waals surface area contributed by atoms with E-state index in [2.05, 4.69) is 27.9 Å². The Kier molecular flexibility index (Phi) is 5.05. The van der Waals surface area contributed by atoms with Crippen LogP contribution in [0.1, 0.15) is 30.1 Å². The first-order valence-corrected chi connectivity index (χ1v) is 10.2. The number of nitrogens with zero attached hydrogens (tertiary/aromatic N) is 1. The van der Waals surface area contributed by atoms with Gasteiger partial charge in [0, 0.05) is 14.8 Å². The van der Waals surface area contributed by atoms with Crippen LogP contribution in [0.15, 0.2) is 60.2 Å². The van der Waals surface area contributed by atoms with E-state index in [0.717, 1.165) is 9.14 Å². The lowest BCUT2D eigenvalue weighted by atomic mass is 9.82. The second-order valence-corrected chi connectivity index (χ2v) is 8.47. The van der Waals surface area contributed by atoms with E-state index in [1.54, 1.807) is 24.3 Å². The normalized spacial score (nSPS) is 21.4. The average Bonchev–Trinajstić information content (AvgIpc) is 2.93. The molecular weight excluding hydrogens is 467 g/mol. The van der Waals surface area contributed by atoms with Gasteiger partial charge in [-0.25, -0.2) is 0 Å². The van der Waals surface area contributed by atoms with Gasteiger partial charge < -0.3 is 5.32 Å². The van der Waals surface area contributed by atoms with Crippen LogP contribution in [0.25, 0.3) is 0 Å². The van der Waals surface area contributed by atoms with Crippen molar-refractivity contribution in [3.63, 3.8) is 0 Å². The summed E-state index contributed by atoms with van der Waals surface area (Å²) in [6.07, 6.45) is 3.27. The minimum absolute atomic E-state index is 0.169. The number of hydrogen-bond acceptors (Lipinski definition) is 3. The number of allylic oxidation sites excluding steroid dienone is 2. The van der Waals surface area contributed by atoms with E-state index in [9.17, 15) is 14.4 Å². The molecule has 2 aliphatic rings. The molecule has 0 unspecified atom stereocenters. The predicted molar refractivity (Wildman–Crippen MR) is 116 cm³/mol. The molecule has 1 N–H and O–H groups in total. The lowest BCUT2D eigenvalue weighted by molar-refractivity contribution is -0.122. The summed E-state index contributed by atoms with van der Waals surface area (Å²) in [7, 11) is 0. The van der Waals surface area contributed by atoms with Crippen molar-refractivity contribution in [2.24, 2.45) is 11.8 Å². The number of carbonyl (C=O) groups is 3. The van der Waals surface area contributed by atoms with Gasteiger partial charge in [-0.15, -0.1) is 0 Å². The third-order valence-corrected chi connectivity index (χ3v) is 6.01. The zero-order valence-corrected chi connectivity index (χ0v) is 17.5. The van der Waals surface area contributed by atoms with Crippen molar-refractivity contribution >= 4 is 51.7 Å². The Morgan fingerprint density at radius 3 is 2.54 bits per heavy atom. The predicted octanol–water partition coefficient (Wildman–Crippen LogP) is 4.39. The van der Waals surface area contributed by atoms with Gasteiger partial charge in [-0.3, -0.25) is 19.3 Å². The van der Waals surface area contributed by atoms with Crippen LogP contribution in [-0.2, 0) is 9.59 Å². The summed E-state index contributed by atoms with van der Waals surface area (Å²) in [5, 5.41) is 2.84. The van der Waals surface area contributed by atoms with Gasteiger partial charge in [-0.2, -0.15) is 0 Å².